The third-order valence-electron chi connectivity index (χ3n) is 6.00. The van der Waals surface area contributed by atoms with Gasteiger partial charge in [-0.05, 0) is 24.3 Å². The maximum Gasteiger partial charge on any atom is 0.274 e. The zero-order valence-electron chi connectivity index (χ0n) is 21.7. The largest absolute Gasteiger partial charge is 0.383 e. The van der Waals surface area contributed by atoms with E-state index >= 15 is 0 Å². The molecule has 0 fully saturated rings. The number of nitrogens with zero attached hydrogens (tertiary/aromatic N) is 5. The van der Waals surface area contributed by atoms with Crippen molar-refractivity contribution in [1.82, 2.24) is 19.9 Å². The summed E-state index contributed by atoms with van der Waals surface area (Å²) in [5, 5.41) is 3.83. The quantitative estimate of drug-likeness (QED) is 0.245. The fourth-order valence-corrected chi connectivity index (χ4v) is 4.97. The SMILES string of the molecule is COCCN(CCOC)c1cc(C(=O)Nc2ccccc2-c2nc3cccnc3s2)nc(-c2ccccc2)n1. The molecule has 2 aromatic carbocycles. The normalized spacial score (nSPS) is 11.0. The Hall–Kier alpha value is -4.25. The first-order valence-electron chi connectivity index (χ1n) is 12.5. The van der Waals surface area contributed by atoms with Gasteiger partial charge in [-0.15, -0.1) is 0 Å². The molecule has 0 saturated carbocycles. The highest BCUT2D eigenvalue weighted by atomic mass is 32.1. The number of hydrogen-bond donors (Lipinski definition) is 1. The van der Waals surface area contributed by atoms with Crippen LogP contribution in [0.2, 0.25) is 0 Å². The smallest absolute Gasteiger partial charge is 0.274 e. The van der Waals surface area contributed by atoms with Gasteiger partial charge in [-0.3, -0.25) is 4.79 Å². The third-order valence-corrected chi connectivity index (χ3v) is 7.02. The number of rotatable bonds is 11. The molecule has 0 bridgehead atoms. The Labute approximate surface area is 230 Å². The molecule has 0 unspecified atom stereocenters. The first kappa shape index (κ1) is 26.4. The molecule has 3 aromatic heterocycles. The number of nitrogens with one attached hydrogen (secondary N) is 1. The number of hydrogen-bond acceptors (Lipinski definition) is 9. The van der Waals surface area contributed by atoms with Crippen LogP contribution < -0.4 is 10.2 Å². The predicted octanol–water partition coefficient (Wildman–Crippen LogP) is 5.17. The van der Waals surface area contributed by atoms with Gasteiger partial charge in [-0.25, -0.2) is 19.9 Å². The second-order valence-electron chi connectivity index (χ2n) is 8.62. The minimum atomic E-state index is -0.346. The van der Waals surface area contributed by atoms with Gasteiger partial charge >= 0.3 is 0 Å². The van der Waals surface area contributed by atoms with E-state index in [1.807, 2.05) is 71.6 Å². The number of thiazole rings is 1. The number of pyridine rings is 1. The second kappa shape index (κ2) is 12.5. The summed E-state index contributed by atoms with van der Waals surface area (Å²) in [7, 11) is 3.31. The van der Waals surface area contributed by atoms with Crippen molar-refractivity contribution in [2.45, 2.75) is 0 Å². The van der Waals surface area contributed by atoms with Crippen molar-refractivity contribution in [3.63, 3.8) is 0 Å². The average Bonchev–Trinajstić information content (AvgIpc) is 3.42. The van der Waals surface area contributed by atoms with Crippen molar-refractivity contribution >= 4 is 39.1 Å². The molecule has 0 atom stereocenters. The molecule has 0 saturated heterocycles. The molecule has 9 nitrogen and oxygen atoms in total. The second-order valence-corrected chi connectivity index (χ2v) is 9.60. The van der Waals surface area contributed by atoms with E-state index in [4.69, 9.17) is 19.4 Å². The minimum absolute atomic E-state index is 0.249. The molecule has 0 aliphatic heterocycles. The van der Waals surface area contributed by atoms with E-state index in [9.17, 15) is 4.79 Å². The van der Waals surface area contributed by atoms with Gasteiger partial charge in [0.25, 0.3) is 5.91 Å². The summed E-state index contributed by atoms with van der Waals surface area (Å²) in [5.41, 5.74) is 3.33. The van der Waals surface area contributed by atoms with E-state index in [0.717, 1.165) is 26.5 Å². The van der Waals surface area contributed by atoms with Crippen molar-refractivity contribution in [3.05, 3.63) is 84.7 Å². The van der Waals surface area contributed by atoms with Gasteiger partial charge in [0.2, 0.25) is 0 Å². The van der Waals surface area contributed by atoms with Crippen molar-refractivity contribution < 1.29 is 14.3 Å². The standard InChI is InChI=1S/C29H28N6O3S/c1-37-17-15-35(16-18-38-2)25-19-24(31-26(34-25)20-9-4-3-5-10-20)27(36)32-22-12-7-6-11-21(22)28-33-23-13-8-14-30-29(23)39-28/h3-14,19H,15-18H2,1-2H3,(H,32,36). The van der Waals surface area contributed by atoms with Crippen LogP contribution in [0.1, 0.15) is 10.5 Å². The zero-order chi connectivity index (χ0) is 27.0. The van der Waals surface area contributed by atoms with E-state index < -0.39 is 0 Å². The van der Waals surface area contributed by atoms with Crippen LogP contribution in [0.15, 0.2) is 79.0 Å². The molecule has 3 heterocycles. The van der Waals surface area contributed by atoms with Gasteiger partial charge in [0.15, 0.2) is 5.82 Å². The van der Waals surface area contributed by atoms with Crippen molar-refractivity contribution in [1.29, 1.82) is 0 Å². The van der Waals surface area contributed by atoms with E-state index in [1.54, 1.807) is 26.5 Å². The van der Waals surface area contributed by atoms with Crippen LogP contribution in [-0.2, 0) is 9.47 Å². The molecule has 39 heavy (non-hydrogen) atoms. The maximum absolute atomic E-state index is 13.7. The van der Waals surface area contributed by atoms with Crippen LogP contribution in [0.4, 0.5) is 11.5 Å². The Morgan fingerprint density at radius 1 is 0.897 bits per heavy atom. The average molecular weight is 541 g/mol. The van der Waals surface area contributed by atoms with Crippen LogP contribution in [0.5, 0.6) is 0 Å². The van der Waals surface area contributed by atoms with Gasteiger partial charge in [0.05, 0.1) is 18.9 Å². The highest BCUT2D eigenvalue weighted by Gasteiger charge is 2.19. The van der Waals surface area contributed by atoms with Crippen LogP contribution in [0.3, 0.4) is 0 Å². The van der Waals surface area contributed by atoms with Gasteiger partial charge in [0, 0.05) is 50.7 Å². The third kappa shape index (κ3) is 6.26. The lowest BCUT2D eigenvalue weighted by Gasteiger charge is -2.24. The highest BCUT2D eigenvalue weighted by molar-refractivity contribution is 7.21. The predicted molar refractivity (Wildman–Crippen MR) is 154 cm³/mol. The molecule has 0 aliphatic rings. The van der Waals surface area contributed by atoms with Crippen molar-refractivity contribution in [2.24, 2.45) is 0 Å². The van der Waals surface area contributed by atoms with Gasteiger partial charge in [0.1, 0.15) is 26.9 Å². The Kier molecular flexibility index (Phi) is 8.47. The van der Waals surface area contributed by atoms with Gasteiger partial charge in [-0.1, -0.05) is 53.8 Å². The lowest BCUT2D eigenvalue weighted by atomic mass is 10.1. The summed E-state index contributed by atoms with van der Waals surface area (Å²) in [4.78, 5) is 35.1. The number of carbonyl (C=O) groups excluding carboxylic acids is 1. The van der Waals surface area contributed by atoms with E-state index in [2.05, 4.69) is 15.3 Å². The number of ether oxygens (including phenoxy) is 2. The summed E-state index contributed by atoms with van der Waals surface area (Å²) >= 11 is 1.48. The van der Waals surface area contributed by atoms with E-state index in [-0.39, 0.29) is 11.6 Å². The fourth-order valence-electron chi connectivity index (χ4n) is 4.02. The van der Waals surface area contributed by atoms with Crippen molar-refractivity contribution in [3.8, 4) is 22.0 Å². The lowest BCUT2D eigenvalue weighted by molar-refractivity contribution is 0.102. The molecule has 1 amide bonds. The number of carbonyl (C=O) groups is 1. The molecular weight excluding hydrogens is 512 g/mol. The first-order chi connectivity index (χ1) is 19.2. The van der Waals surface area contributed by atoms with E-state index in [0.29, 0.717) is 43.6 Å². The van der Waals surface area contributed by atoms with Crippen LogP contribution >= 0.6 is 11.3 Å². The molecule has 0 spiro atoms. The van der Waals surface area contributed by atoms with E-state index in [1.165, 1.54) is 11.3 Å². The minimum Gasteiger partial charge on any atom is -0.383 e. The number of methoxy groups -OCH3 is 2. The lowest BCUT2D eigenvalue weighted by Crippen LogP contribution is -2.32. The number of aromatic nitrogens is 4. The molecule has 1 N–H and O–H groups in total. The van der Waals surface area contributed by atoms with Gasteiger partial charge < -0.3 is 19.7 Å². The fraction of sp³-hybridized carbons (Fsp3) is 0.207. The number of amides is 1. The Balaban J connectivity index is 1.51. The molecule has 0 aliphatic carbocycles. The summed E-state index contributed by atoms with van der Waals surface area (Å²) in [6.07, 6.45) is 1.75. The van der Waals surface area contributed by atoms with Gasteiger partial charge in [-0.2, -0.15) is 0 Å². The monoisotopic (exact) mass is 540 g/mol. The Morgan fingerprint density at radius 3 is 2.38 bits per heavy atom. The molecular formula is C29H28N6O3S. The Morgan fingerprint density at radius 2 is 1.64 bits per heavy atom. The zero-order valence-corrected chi connectivity index (χ0v) is 22.5. The first-order valence-corrected chi connectivity index (χ1v) is 13.3. The molecule has 198 valence electrons. The number of para-hydroxylation sites is 1. The van der Waals surface area contributed by atoms with Crippen LogP contribution in [0.25, 0.3) is 32.3 Å². The summed E-state index contributed by atoms with van der Waals surface area (Å²) in [6, 6.07) is 22.7. The summed E-state index contributed by atoms with van der Waals surface area (Å²) in [6.45, 7) is 2.17. The topological polar surface area (TPSA) is 102 Å². The number of benzene rings is 2. The highest BCUT2D eigenvalue weighted by Crippen LogP contribution is 2.34. The molecule has 5 aromatic rings. The number of anilines is 2. The Bertz CT molecular complexity index is 1520. The number of fused-ring (bicyclic) bond motifs is 1. The van der Waals surface area contributed by atoms with Crippen LogP contribution in [-0.4, -0.2) is 66.4 Å². The summed E-state index contributed by atoms with van der Waals surface area (Å²) < 4.78 is 10.6. The van der Waals surface area contributed by atoms with Crippen molar-refractivity contribution in [2.75, 3.05) is 50.7 Å². The summed E-state index contributed by atoms with van der Waals surface area (Å²) in [5.74, 6) is 0.734. The maximum atomic E-state index is 13.7. The van der Waals surface area contributed by atoms with Crippen LogP contribution in [0, 0.1) is 0 Å². The molecule has 5 rings (SSSR count). The molecule has 10 heteroatoms. The molecule has 0 radical (unpaired) electrons.